The number of hydrogen-bond acceptors (Lipinski definition) is 4. The van der Waals surface area contributed by atoms with Gasteiger partial charge in [-0.25, -0.2) is 0 Å². The lowest BCUT2D eigenvalue weighted by atomic mass is 9.99. The number of nitrogens with zero attached hydrogens (tertiary/aromatic N) is 1. The highest BCUT2D eigenvalue weighted by Gasteiger charge is 2.16. The summed E-state index contributed by atoms with van der Waals surface area (Å²) in [4.78, 5) is 14.8. The molecular weight excluding hydrogens is 388 g/mol. The molecule has 0 aliphatic carbocycles. The molecule has 0 unspecified atom stereocenters. The van der Waals surface area contributed by atoms with E-state index in [2.05, 4.69) is 34.5 Å². The quantitative estimate of drug-likeness (QED) is 0.563. The van der Waals surface area contributed by atoms with Gasteiger partial charge in [-0.1, -0.05) is 42.5 Å². The van der Waals surface area contributed by atoms with Crippen molar-refractivity contribution in [2.45, 2.75) is 19.5 Å². The van der Waals surface area contributed by atoms with Crippen LogP contribution in [0.15, 0.2) is 72.8 Å². The van der Waals surface area contributed by atoms with E-state index >= 15 is 0 Å². The fourth-order valence-corrected chi connectivity index (χ4v) is 3.84. The third-order valence-corrected chi connectivity index (χ3v) is 5.53. The molecule has 1 amide bonds. The number of rotatable bonds is 8. The van der Waals surface area contributed by atoms with Gasteiger partial charge in [-0.3, -0.25) is 9.69 Å². The maximum absolute atomic E-state index is 12.4. The summed E-state index contributed by atoms with van der Waals surface area (Å²) >= 11 is 0. The molecule has 4 rings (SSSR count). The smallest absolute Gasteiger partial charge is 0.251 e. The predicted octanol–water partition coefficient (Wildman–Crippen LogP) is 4.06. The highest BCUT2D eigenvalue weighted by atomic mass is 16.5. The van der Waals surface area contributed by atoms with Crippen LogP contribution >= 0.6 is 0 Å². The van der Waals surface area contributed by atoms with Gasteiger partial charge in [-0.15, -0.1) is 0 Å². The van der Waals surface area contributed by atoms with E-state index in [0.29, 0.717) is 18.7 Å². The number of fused-ring (bicyclic) bond motifs is 1. The molecule has 160 valence electrons. The molecule has 1 aliphatic rings. The topological polar surface area (TPSA) is 50.8 Å². The summed E-state index contributed by atoms with van der Waals surface area (Å²) in [6.45, 7) is 3.77. The van der Waals surface area contributed by atoms with E-state index in [9.17, 15) is 4.79 Å². The average molecular weight is 417 g/mol. The average Bonchev–Trinajstić information content (AvgIpc) is 2.82. The summed E-state index contributed by atoms with van der Waals surface area (Å²) in [5.41, 5.74) is 4.76. The number of hydrogen-bond donors (Lipinski definition) is 1. The van der Waals surface area contributed by atoms with E-state index in [-0.39, 0.29) is 5.91 Å². The molecule has 0 fully saturated rings. The van der Waals surface area contributed by atoms with E-state index in [1.165, 1.54) is 16.7 Å². The first-order chi connectivity index (χ1) is 15.2. The zero-order chi connectivity index (χ0) is 21.5. The minimum Gasteiger partial charge on any atom is -0.497 e. The fourth-order valence-electron chi connectivity index (χ4n) is 3.84. The minimum absolute atomic E-state index is 0.0901. The summed E-state index contributed by atoms with van der Waals surface area (Å²) in [6.07, 6.45) is 1.09. The number of nitrogens with one attached hydrogen (secondary N) is 1. The largest absolute Gasteiger partial charge is 0.497 e. The Morgan fingerprint density at radius 1 is 0.968 bits per heavy atom. The van der Waals surface area contributed by atoms with Crippen molar-refractivity contribution in [2.75, 3.05) is 26.8 Å². The SMILES string of the molecule is COc1cccc(OCCNC(=O)c2ccc(CN3CCc4ccccc4C3)cc2)c1. The second-order valence-corrected chi connectivity index (χ2v) is 7.71. The first-order valence-electron chi connectivity index (χ1n) is 10.6. The van der Waals surface area contributed by atoms with Crippen molar-refractivity contribution >= 4 is 5.91 Å². The Hall–Kier alpha value is -3.31. The number of ether oxygens (including phenoxy) is 2. The zero-order valence-corrected chi connectivity index (χ0v) is 17.8. The maximum Gasteiger partial charge on any atom is 0.251 e. The Morgan fingerprint density at radius 2 is 1.74 bits per heavy atom. The van der Waals surface area contributed by atoms with Crippen LogP contribution in [-0.4, -0.2) is 37.6 Å². The lowest BCUT2D eigenvalue weighted by Gasteiger charge is -2.28. The molecule has 1 heterocycles. The number of carbonyl (C=O) groups is 1. The fraction of sp³-hybridized carbons (Fsp3) is 0.269. The third-order valence-electron chi connectivity index (χ3n) is 5.53. The van der Waals surface area contributed by atoms with Gasteiger partial charge in [0, 0.05) is 31.3 Å². The van der Waals surface area contributed by atoms with E-state index in [0.717, 1.165) is 37.6 Å². The van der Waals surface area contributed by atoms with Crippen LogP contribution in [0.5, 0.6) is 11.5 Å². The van der Waals surface area contributed by atoms with E-state index < -0.39 is 0 Å². The van der Waals surface area contributed by atoms with Gasteiger partial charge >= 0.3 is 0 Å². The molecule has 0 spiro atoms. The molecule has 3 aromatic carbocycles. The third kappa shape index (κ3) is 5.64. The molecule has 31 heavy (non-hydrogen) atoms. The molecule has 1 aliphatic heterocycles. The van der Waals surface area contributed by atoms with Gasteiger partial charge in [-0.2, -0.15) is 0 Å². The van der Waals surface area contributed by atoms with Crippen molar-refractivity contribution < 1.29 is 14.3 Å². The Labute approximate surface area is 183 Å². The monoisotopic (exact) mass is 416 g/mol. The summed E-state index contributed by atoms with van der Waals surface area (Å²) < 4.78 is 10.8. The standard InChI is InChI=1S/C26H28N2O3/c1-30-24-7-4-8-25(17-24)31-16-14-27-26(29)22-11-9-20(10-12-22)18-28-15-13-21-5-2-3-6-23(21)19-28/h2-12,17H,13-16,18-19H2,1H3,(H,27,29). The normalized spacial score (nSPS) is 13.3. The van der Waals surface area contributed by atoms with Crippen LogP contribution in [0, 0.1) is 0 Å². The first kappa shape index (κ1) is 20.9. The van der Waals surface area contributed by atoms with Crippen LogP contribution in [0.25, 0.3) is 0 Å². The summed E-state index contributed by atoms with van der Waals surface area (Å²) in [6, 6.07) is 24.0. The Bertz CT molecular complexity index is 1020. The maximum atomic E-state index is 12.4. The van der Waals surface area contributed by atoms with E-state index in [1.54, 1.807) is 7.11 Å². The lowest BCUT2D eigenvalue weighted by Crippen LogP contribution is -2.30. The second kappa shape index (κ2) is 10.1. The Balaban J connectivity index is 1.23. The Kier molecular flexibility index (Phi) is 6.85. The van der Waals surface area contributed by atoms with Crippen LogP contribution in [0.2, 0.25) is 0 Å². The van der Waals surface area contributed by atoms with Crippen molar-refractivity contribution in [1.82, 2.24) is 10.2 Å². The van der Waals surface area contributed by atoms with Crippen molar-refractivity contribution in [2.24, 2.45) is 0 Å². The van der Waals surface area contributed by atoms with Crippen LogP contribution in [0.1, 0.15) is 27.0 Å². The van der Waals surface area contributed by atoms with Crippen LogP contribution < -0.4 is 14.8 Å². The van der Waals surface area contributed by atoms with Gasteiger partial charge in [0.1, 0.15) is 18.1 Å². The summed E-state index contributed by atoms with van der Waals surface area (Å²) in [7, 11) is 1.62. The lowest BCUT2D eigenvalue weighted by molar-refractivity contribution is 0.0947. The molecule has 5 heteroatoms. The minimum atomic E-state index is -0.0901. The van der Waals surface area contributed by atoms with Crippen molar-refractivity contribution in [1.29, 1.82) is 0 Å². The van der Waals surface area contributed by atoms with Crippen LogP contribution in [0.4, 0.5) is 0 Å². The van der Waals surface area contributed by atoms with Gasteiger partial charge in [0.2, 0.25) is 0 Å². The molecule has 0 aromatic heterocycles. The van der Waals surface area contributed by atoms with Crippen molar-refractivity contribution in [3.8, 4) is 11.5 Å². The van der Waals surface area contributed by atoms with Gasteiger partial charge in [0.15, 0.2) is 0 Å². The highest BCUT2D eigenvalue weighted by Crippen LogP contribution is 2.21. The van der Waals surface area contributed by atoms with Gasteiger partial charge in [-0.05, 0) is 47.4 Å². The van der Waals surface area contributed by atoms with E-state index in [4.69, 9.17) is 9.47 Å². The van der Waals surface area contributed by atoms with Crippen LogP contribution in [0.3, 0.4) is 0 Å². The van der Waals surface area contributed by atoms with Crippen molar-refractivity contribution in [3.05, 3.63) is 95.1 Å². The Morgan fingerprint density at radius 3 is 2.55 bits per heavy atom. The number of methoxy groups -OCH3 is 1. The second-order valence-electron chi connectivity index (χ2n) is 7.71. The molecule has 5 nitrogen and oxygen atoms in total. The summed E-state index contributed by atoms with van der Waals surface area (Å²) in [5, 5.41) is 2.90. The molecule has 0 saturated heterocycles. The molecular formula is C26H28N2O3. The predicted molar refractivity (Wildman–Crippen MR) is 122 cm³/mol. The molecule has 3 aromatic rings. The molecule has 0 radical (unpaired) electrons. The van der Waals surface area contributed by atoms with Crippen molar-refractivity contribution in [3.63, 3.8) is 0 Å². The molecule has 1 N–H and O–H groups in total. The van der Waals surface area contributed by atoms with Gasteiger partial charge in [0.25, 0.3) is 5.91 Å². The number of carbonyl (C=O) groups excluding carboxylic acids is 1. The van der Waals surface area contributed by atoms with Gasteiger partial charge in [0.05, 0.1) is 13.7 Å². The van der Waals surface area contributed by atoms with Gasteiger partial charge < -0.3 is 14.8 Å². The number of amides is 1. The highest BCUT2D eigenvalue weighted by molar-refractivity contribution is 5.94. The number of benzene rings is 3. The van der Waals surface area contributed by atoms with E-state index in [1.807, 2.05) is 48.5 Å². The van der Waals surface area contributed by atoms with Crippen LogP contribution in [-0.2, 0) is 19.5 Å². The zero-order valence-electron chi connectivity index (χ0n) is 17.8. The first-order valence-corrected chi connectivity index (χ1v) is 10.6. The molecule has 0 saturated carbocycles. The molecule has 0 atom stereocenters. The molecule has 0 bridgehead atoms. The summed E-state index contributed by atoms with van der Waals surface area (Å²) in [5.74, 6) is 1.38.